The summed E-state index contributed by atoms with van der Waals surface area (Å²) in [5.74, 6) is -0.220. The molecule has 10 heteroatoms. The molecule has 1 aromatic carbocycles. The van der Waals surface area contributed by atoms with Crippen molar-refractivity contribution < 1.29 is 9.59 Å². The van der Waals surface area contributed by atoms with E-state index in [0.717, 1.165) is 17.0 Å². The van der Waals surface area contributed by atoms with E-state index in [9.17, 15) is 9.59 Å². The molecule has 2 aliphatic heterocycles. The van der Waals surface area contributed by atoms with Crippen LogP contribution in [0, 0.1) is 0 Å². The molecule has 8 nitrogen and oxygen atoms in total. The van der Waals surface area contributed by atoms with Gasteiger partial charge in [0.25, 0.3) is 11.8 Å². The lowest BCUT2D eigenvalue weighted by molar-refractivity contribution is 0.0636. The molecule has 32 heavy (non-hydrogen) atoms. The van der Waals surface area contributed by atoms with Crippen molar-refractivity contribution in [3.05, 3.63) is 68.7 Å². The van der Waals surface area contributed by atoms with Gasteiger partial charge in [-0.1, -0.05) is 23.2 Å². The van der Waals surface area contributed by atoms with Crippen LogP contribution in [-0.2, 0) is 33.1 Å². The topological polar surface area (TPSA) is 76.3 Å². The van der Waals surface area contributed by atoms with Crippen molar-refractivity contribution in [3.63, 3.8) is 0 Å². The SMILES string of the molecule is C[C@@H]1Cc2nn3c(c2CN1C(=O)c1ccc(Cl)c(Cl)c1)C(=O)N(Cc1ccn(C)n1)CC3. The van der Waals surface area contributed by atoms with Gasteiger partial charge in [-0.15, -0.1) is 0 Å². The van der Waals surface area contributed by atoms with E-state index in [2.05, 4.69) is 5.10 Å². The zero-order valence-corrected chi connectivity index (χ0v) is 19.3. The number of nitrogens with zero attached hydrogens (tertiary/aromatic N) is 6. The molecule has 0 N–H and O–H groups in total. The predicted molar refractivity (Wildman–Crippen MR) is 120 cm³/mol. The summed E-state index contributed by atoms with van der Waals surface area (Å²) in [7, 11) is 1.85. The number of hydrogen-bond donors (Lipinski definition) is 0. The lowest BCUT2D eigenvalue weighted by Gasteiger charge is -2.34. The molecule has 166 valence electrons. The smallest absolute Gasteiger partial charge is 0.272 e. The minimum absolute atomic E-state index is 0.0545. The Balaban J connectivity index is 1.43. The normalized spacial score (nSPS) is 18.0. The number of carbonyl (C=O) groups is 2. The first-order valence-corrected chi connectivity index (χ1v) is 11.2. The molecule has 0 fully saturated rings. The molecular weight excluding hydrogens is 451 g/mol. The molecule has 4 heterocycles. The Labute approximate surface area is 195 Å². The fourth-order valence-corrected chi connectivity index (χ4v) is 4.72. The van der Waals surface area contributed by atoms with Crippen LogP contribution in [0.5, 0.6) is 0 Å². The van der Waals surface area contributed by atoms with Gasteiger partial charge in [-0.2, -0.15) is 10.2 Å². The maximum absolute atomic E-state index is 13.4. The number of amides is 2. The summed E-state index contributed by atoms with van der Waals surface area (Å²) in [6, 6.07) is 6.74. The van der Waals surface area contributed by atoms with Gasteiger partial charge in [0.2, 0.25) is 0 Å². The van der Waals surface area contributed by atoms with Crippen molar-refractivity contribution in [2.75, 3.05) is 6.54 Å². The fourth-order valence-electron chi connectivity index (χ4n) is 4.42. The van der Waals surface area contributed by atoms with Crippen molar-refractivity contribution in [2.45, 2.75) is 39.0 Å². The summed E-state index contributed by atoms with van der Waals surface area (Å²) in [5, 5.41) is 9.84. The average molecular weight is 473 g/mol. The highest BCUT2D eigenvalue weighted by molar-refractivity contribution is 6.42. The van der Waals surface area contributed by atoms with Crippen LogP contribution >= 0.6 is 23.2 Å². The van der Waals surface area contributed by atoms with Gasteiger partial charge in [0.15, 0.2) is 0 Å². The maximum Gasteiger partial charge on any atom is 0.272 e. The van der Waals surface area contributed by atoms with Crippen molar-refractivity contribution in [2.24, 2.45) is 7.05 Å². The van der Waals surface area contributed by atoms with E-state index in [0.29, 0.717) is 53.9 Å². The Hall–Kier alpha value is -2.84. The summed E-state index contributed by atoms with van der Waals surface area (Å²) in [5.41, 5.74) is 3.60. The molecular formula is C22H22Cl2N6O2. The molecule has 0 saturated heterocycles. The van der Waals surface area contributed by atoms with Gasteiger partial charge in [-0.05, 0) is 31.2 Å². The van der Waals surface area contributed by atoms with Gasteiger partial charge in [0.1, 0.15) is 5.69 Å². The van der Waals surface area contributed by atoms with E-state index in [-0.39, 0.29) is 17.9 Å². The molecule has 0 spiro atoms. The van der Waals surface area contributed by atoms with Crippen LogP contribution in [-0.4, -0.2) is 53.8 Å². The zero-order valence-electron chi connectivity index (χ0n) is 17.8. The van der Waals surface area contributed by atoms with Crippen molar-refractivity contribution in [3.8, 4) is 0 Å². The summed E-state index contributed by atoms with van der Waals surface area (Å²) in [6.07, 6.45) is 2.46. The van der Waals surface area contributed by atoms with Crippen LogP contribution in [0.15, 0.2) is 30.5 Å². The third-order valence-corrected chi connectivity index (χ3v) is 6.84. The van der Waals surface area contributed by atoms with Crippen LogP contribution in [0.3, 0.4) is 0 Å². The number of rotatable bonds is 3. The Morgan fingerprint density at radius 3 is 2.69 bits per heavy atom. The number of carbonyl (C=O) groups excluding carboxylic acids is 2. The number of hydrogen-bond acceptors (Lipinski definition) is 4. The van der Waals surface area contributed by atoms with Gasteiger partial charge in [0, 0.05) is 43.4 Å². The lowest BCUT2D eigenvalue weighted by atomic mass is 9.97. The first-order valence-electron chi connectivity index (χ1n) is 10.4. The molecule has 2 aliphatic rings. The van der Waals surface area contributed by atoms with Gasteiger partial charge < -0.3 is 9.80 Å². The van der Waals surface area contributed by atoms with E-state index < -0.39 is 0 Å². The van der Waals surface area contributed by atoms with Crippen LogP contribution in [0.25, 0.3) is 0 Å². The van der Waals surface area contributed by atoms with Crippen molar-refractivity contribution in [1.82, 2.24) is 29.4 Å². The number of benzene rings is 1. The number of halogens is 2. The number of fused-ring (bicyclic) bond motifs is 3. The molecule has 0 unspecified atom stereocenters. The van der Waals surface area contributed by atoms with Crippen LogP contribution in [0.4, 0.5) is 0 Å². The Morgan fingerprint density at radius 1 is 1.16 bits per heavy atom. The van der Waals surface area contributed by atoms with E-state index >= 15 is 0 Å². The Bertz CT molecular complexity index is 1230. The van der Waals surface area contributed by atoms with E-state index in [1.54, 1.807) is 37.4 Å². The Kier molecular flexibility index (Phi) is 5.22. The molecule has 2 amide bonds. The minimum Gasteiger partial charge on any atom is -0.331 e. The largest absolute Gasteiger partial charge is 0.331 e. The monoisotopic (exact) mass is 472 g/mol. The lowest BCUT2D eigenvalue weighted by Crippen LogP contribution is -2.44. The molecule has 0 bridgehead atoms. The zero-order chi connectivity index (χ0) is 22.6. The minimum atomic E-state index is -0.143. The summed E-state index contributed by atoms with van der Waals surface area (Å²) < 4.78 is 3.52. The van der Waals surface area contributed by atoms with E-state index in [4.69, 9.17) is 28.3 Å². The van der Waals surface area contributed by atoms with Crippen LogP contribution in [0.2, 0.25) is 10.0 Å². The average Bonchev–Trinajstić information content (AvgIpc) is 3.33. The second kappa shape index (κ2) is 7.94. The second-order valence-corrected chi connectivity index (χ2v) is 9.13. The summed E-state index contributed by atoms with van der Waals surface area (Å²) >= 11 is 12.1. The van der Waals surface area contributed by atoms with Gasteiger partial charge in [-0.3, -0.25) is 19.0 Å². The quantitative estimate of drug-likeness (QED) is 0.586. The molecule has 0 saturated carbocycles. The summed E-state index contributed by atoms with van der Waals surface area (Å²) in [6.45, 7) is 3.96. The predicted octanol–water partition coefficient (Wildman–Crippen LogP) is 3.17. The first-order chi connectivity index (χ1) is 15.3. The fraction of sp³-hybridized carbons (Fsp3) is 0.364. The molecule has 1 atom stereocenters. The third kappa shape index (κ3) is 3.57. The molecule has 0 aliphatic carbocycles. The second-order valence-electron chi connectivity index (χ2n) is 8.32. The summed E-state index contributed by atoms with van der Waals surface area (Å²) in [4.78, 5) is 30.2. The first kappa shape index (κ1) is 21.0. The molecule has 0 radical (unpaired) electrons. The van der Waals surface area contributed by atoms with E-state index in [1.165, 1.54) is 0 Å². The van der Waals surface area contributed by atoms with Crippen LogP contribution < -0.4 is 0 Å². The molecule has 2 aromatic heterocycles. The highest BCUT2D eigenvalue weighted by Crippen LogP contribution is 2.31. The Morgan fingerprint density at radius 2 is 1.97 bits per heavy atom. The third-order valence-electron chi connectivity index (χ3n) is 6.10. The standard InChI is InChI=1S/C22H22Cl2N6O2/c1-13-9-19-16(12-29(13)21(31)14-3-4-17(23)18(24)10-14)20-22(32)28(7-8-30(20)26-19)11-15-5-6-27(2)25-15/h3-6,10,13H,7-9,11-12H2,1-2H3/t13-/m1/s1. The molecule has 5 rings (SSSR count). The molecule has 3 aromatic rings. The van der Waals surface area contributed by atoms with Crippen LogP contribution in [0.1, 0.15) is 44.7 Å². The van der Waals surface area contributed by atoms with Crippen molar-refractivity contribution >= 4 is 35.0 Å². The van der Waals surface area contributed by atoms with Gasteiger partial charge in [-0.25, -0.2) is 0 Å². The van der Waals surface area contributed by atoms with Gasteiger partial charge in [0.05, 0.1) is 41.1 Å². The van der Waals surface area contributed by atoms with E-state index in [1.807, 2.05) is 26.2 Å². The highest BCUT2D eigenvalue weighted by Gasteiger charge is 2.37. The number of aromatic nitrogens is 4. The van der Waals surface area contributed by atoms with Gasteiger partial charge >= 0.3 is 0 Å². The highest BCUT2D eigenvalue weighted by atomic mass is 35.5. The van der Waals surface area contributed by atoms with Crippen molar-refractivity contribution in [1.29, 1.82) is 0 Å². The number of aryl methyl sites for hydroxylation is 1. The maximum atomic E-state index is 13.4.